The van der Waals surface area contributed by atoms with Crippen LogP contribution in [0.15, 0.2) is 40.9 Å². The number of oxazole rings is 1. The molecule has 0 saturated heterocycles. The molecule has 0 atom stereocenters. The SMILES string of the molecule is CCCCCN(C(=O)CCc1ncc(-c2ccccc2)o1)c1nc(C)c(C(=O)OCC)s1. The van der Waals surface area contributed by atoms with Gasteiger partial charge < -0.3 is 9.15 Å². The molecule has 2 aromatic heterocycles. The topological polar surface area (TPSA) is 85.5 Å². The van der Waals surface area contributed by atoms with E-state index in [0.29, 0.717) is 46.9 Å². The normalized spacial score (nSPS) is 10.8. The predicted molar refractivity (Wildman–Crippen MR) is 125 cm³/mol. The third-order valence-electron chi connectivity index (χ3n) is 4.93. The number of benzene rings is 1. The third-order valence-corrected chi connectivity index (χ3v) is 6.09. The second kappa shape index (κ2) is 11.6. The predicted octanol–water partition coefficient (Wildman–Crippen LogP) is 5.44. The summed E-state index contributed by atoms with van der Waals surface area (Å²) >= 11 is 1.21. The Morgan fingerprint density at radius 3 is 2.66 bits per heavy atom. The lowest BCUT2D eigenvalue weighted by molar-refractivity contribution is -0.118. The van der Waals surface area contributed by atoms with Crippen molar-refractivity contribution in [3.8, 4) is 11.3 Å². The zero-order valence-corrected chi connectivity index (χ0v) is 19.6. The zero-order valence-electron chi connectivity index (χ0n) is 18.8. The summed E-state index contributed by atoms with van der Waals surface area (Å²) < 4.78 is 10.9. The number of aryl methyl sites for hydroxylation is 2. The number of aromatic nitrogens is 2. The third kappa shape index (κ3) is 6.03. The van der Waals surface area contributed by atoms with E-state index in [1.807, 2.05) is 30.3 Å². The number of rotatable bonds is 11. The number of esters is 1. The summed E-state index contributed by atoms with van der Waals surface area (Å²) in [5, 5.41) is 0.532. The van der Waals surface area contributed by atoms with E-state index in [9.17, 15) is 9.59 Å². The summed E-state index contributed by atoms with van der Waals surface area (Å²) in [6, 6.07) is 9.74. The minimum Gasteiger partial charge on any atom is -0.462 e. The number of thiazole rings is 1. The van der Waals surface area contributed by atoms with Gasteiger partial charge in [-0.1, -0.05) is 61.4 Å². The van der Waals surface area contributed by atoms with Crippen LogP contribution in [0.1, 0.15) is 60.8 Å². The number of unbranched alkanes of at least 4 members (excludes halogenated alkanes) is 2. The van der Waals surface area contributed by atoms with Crippen LogP contribution in [0.5, 0.6) is 0 Å². The highest BCUT2D eigenvalue weighted by molar-refractivity contribution is 7.17. The standard InChI is InChI=1S/C24H29N3O4S/c1-4-6-10-15-27(24-26-17(3)22(32-24)23(29)30-5-2)21(28)14-13-20-25-16-19(31-20)18-11-8-7-9-12-18/h7-9,11-12,16H,4-6,10,13-15H2,1-3H3. The summed E-state index contributed by atoms with van der Waals surface area (Å²) in [5.74, 6) is 0.739. The molecular formula is C24H29N3O4S. The van der Waals surface area contributed by atoms with Gasteiger partial charge in [-0.15, -0.1) is 0 Å². The highest BCUT2D eigenvalue weighted by Crippen LogP contribution is 2.28. The second-order valence-electron chi connectivity index (χ2n) is 7.37. The van der Waals surface area contributed by atoms with E-state index >= 15 is 0 Å². The van der Waals surface area contributed by atoms with Gasteiger partial charge in [0.2, 0.25) is 5.91 Å². The monoisotopic (exact) mass is 455 g/mol. The van der Waals surface area contributed by atoms with Gasteiger partial charge in [0, 0.05) is 24.9 Å². The van der Waals surface area contributed by atoms with Crippen LogP contribution in [-0.4, -0.2) is 35.0 Å². The average molecular weight is 456 g/mol. The molecular weight excluding hydrogens is 426 g/mol. The van der Waals surface area contributed by atoms with Crippen LogP contribution in [0.3, 0.4) is 0 Å². The van der Waals surface area contributed by atoms with Gasteiger partial charge in [0.15, 0.2) is 16.8 Å². The van der Waals surface area contributed by atoms with Crippen molar-refractivity contribution in [2.24, 2.45) is 0 Å². The Bertz CT molecular complexity index is 1030. The van der Waals surface area contributed by atoms with Gasteiger partial charge in [0.1, 0.15) is 4.88 Å². The fraction of sp³-hybridized carbons (Fsp3) is 0.417. The minimum atomic E-state index is -0.400. The lowest BCUT2D eigenvalue weighted by atomic mass is 10.2. The van der Waals surface area contributed by atoms with Crippen LogP contribution in [0.25, 0.3) is 11.3 Å². The van der Waals surface area contributed by atoms with Gasteiger partial charge in [-0.05, 0) is 20.3 Å². The van der Waals surface area contributed by atoms with E-state index in [2.05, 4.69) is 16.9 Å². The van der Waals surface area contributed by atoms with Crippen molar-refractivity contribution in [1.82, 2.24) is 9.97 Å². The molecule has 0 N–H and O–H groups in total. The highest BCUT2D eigenvalue weighted by atomic mass is 32.1. The molecule has 0 unspecified atom stereocenters. The molecule has 1 amide bonds. The maximum absolute atomic E-state index is 13.1. The van der Waals surface area contributed by atoms with Crippen LogP contribution in [0, 0.1) is 6.92 Å². The molecule has 0 spiro atoms. The first kappa shape index (κ1) is 23.7. The summed E-state index contributed by atoms with van der Waals surface area (Å²) in [4.78, 5) is 36.2. The number of ether oxygens (including phenoxy) is 1. The first-order valence-corrected chi connectivity index (χ1v) is 11.8. The molecule has 0 saturated carbocycles. The molecule has 7 nitrogen and oxygen atoms in total. The Morgan fingerprint density at radius 2 is 1.94 bits per heavy atom. The van der Waals surface area contributed by atoms with Crippen LogP contribution in [0.4, 0.5) is 5.13 Å². The molecule has 8 heteroatoms. The molecule has 170 valence electrons. The number of nitrogens with zero attached hydrogens (tertiary/aromatic N) is 3. The quantitative estimate of drug-likeness (QED) is 0.283. The van der Waals surface area contributed by atoms with Gasteiger partial charge >= 0.3 is 5.97 Å². The van der Waals surface area contributed by atoms with Gasteiger partial charge in [-0.3, -0.25) is 9.69 Å². The van der Waals surface area contributed by atoms with Crippen molar-refractivity contribution < 1.29 is 18.7 Å². The van der Waals surface area contributed by atoms with Crippen LogP contribution in [-0.2, 0) is 16.0 Å². The average Bonchev–Trinajstić information content (AvgIpc) is 3.43. The Kier molecular flexibility index (Phi) is 8.56. The maximum atomic E-state index is 13.1. The lowest BCUT2D eigenvalue weighted by Gasteiger charge is -2.19. The van der Waals surface area contributed by atoms with E-state index < -0.39 is 5.97 Å². The van der Waals surface area contributed by atoms with Crippen LogP contribution in [0.2, 0.25) is 0 Å². The molecule has 0 aliphatic carbocycles. The maximum Gasteiger partial charge on any atom is 0.350 e. The fourth-order valence-electron chi connectivity index (χ4n) is 3.24. The van der Waals surface area contributed by atoms with Crippen molar-refractivity contribution >= 4 is 28.3 Å². The number of anilines is 1. The van der Waals surface area contributed by atoms with Gasteiger partial charge in [0.25, 0.3) is 0 Å². The zero-order chi connectivity index (χ0) is 22.9. The molecule has 0 bridgehead atoms. The summed E-state index contributed by atoms with van der Waals surface area (Å²) in [5.41, 5.74) is 1.53. The van der Waals surface area contributed by atoms with E-state index in [4.69, 9.17) is 9.15 Å². The second-order valence-corrected chi connectivity index (χ2v) is 8.35. The molecule has 1 aromatic carbocycles. The summed E-state index contributed by atoms with van der Waals surface area (Å²) in [6.45, 7) is 6.50. The Morgan fingerprint density at radius 1 is 1.16 bits per heavy atom. The van der Waals surface area contributed by atoms with Crippen molar-refractivity contribution in [1.29, 1.82) is 0 Å². The van der Waals surface area contributed by atoms with E-state index in [1.165, 1.54) is 11.3 Å². The molecule has 3 aromatic rings. The van der Waals surface area contributed by atoms with Crippen molar-refractivity contribution in [3.63, 3.8) is 0 Å². The number of hydrogen-bond donors (Lipinski definition) is 0. The Labute approximate surface area is 192 Å². The van der Waals surface area contributed by atoms with Crippen LogP contribution >= 0.6 is 11.3 Å². The van der Waals surface area contributed by atoms with Crippen molar-refractivity contribution in [3.05, 3.63) is 53.0 Å². The summed E-state index contributed by atoms with van der Waals surface area (Å²) in [6.07, 6.45) is 5.25. The van der Waals surface area contributed by atoms with Crippen LogP contribution < -0.4 is 4.90 Å². The molecule has 0 fully saturated rings. The number of amides is 1. The van der Waals surface area contributed by atoms with E-state index in [0.717, 1.165) is 24.8 Å². The fourth-order valence-corrected chi connectivity index (χ4v) is 4.25. The van der Waals surface area contributed by atoms with E-state index in [1.54, 1.807) is 24.9 Å². The van der Waals surface area contributed by atoms with Crippen molar-refractivity contribution in [2.45, 2.75) is 52.9 Å². The van der Waals surface area contributed by atoms with E-state index in [-0.39, 0.29) is 12.3 Å². The lowest BCUT2D eigenvalue weighted by Crippen LogP contribution is -2.32. The molecule has 32 heavy (non-hydrogen) atoms. The van der Waals surface area contributed by atoms with Crippen molar-refractivity contribution in [2.75, 3.05) is 18.1 Å². The molecule has 0 radical (unpaired) electrons. The number of carbonyl (C=O) groups excluding carboxylic acids is 2. The largest absolute Gasteiger partial charge is 0.462 e. The molecule has 2 heterocycles. The summed E-state index contributed by atoms with van der Waals surface area (Å²) in [7, 11) is 0. The minimum absolute atomic E-state index is 0.0651. The molecule has 3 rings (SSSR count). The first-order valence-electron chi connectivity index (χ1n) is 11.0. The Balaban J connectivity index is 1.70. The number of carbonyl (C=O) groups is 2. The molecule has 0 aliphatic heterocycles. The van der Waals surface area contributed by atoms with Gasteiger partial charge in [-0.2, -0.15) is 0 Å². The first-order chi connectivity index (χ1) is 15.5. The highest BCUT2D eigenvalue weighted by Gasteiger charge is 2.24. The smallest absolute Gasteiger partial charge is 0.350 e. The molecule has 0 aliphatic rings. The number of hydrogen-bond acceptors (Lipinski definition) is 7. The van der Waals surface area contributed by atoms with Gasteiger partial charge in [0.05, 0.1) is 18.5 Å². The van der Waals surface area contributed by atoms with Gasteiger partial charge in [-0.25, -0.2) is 14.8 Å². The Hall–Kier alpha value is -3.00.